The van der Waals surface area contributed by atoms with Crippen LogP contribution < -0.4 is 0 Å². The molecular weight excluding hydrogens is 837 g/mol. The summed E-state index contributed by atoms with van der Waals surface area (Å²) in [6.45, 7) is 0. The van der Waals surface area contributed by atoms with Gasteiger partial charge in [0, 0.05) is 0 Å². The van der Waals surface area contributed by atoms with E-state index in [1.807, 2.05) is 0 Å². The lowest BCUT2D eigenvalue weighted by Gasteiger charge is -2.70. The van der Waals surface area contributed by atoms with Crippen LogP contribution in [0, 0.1) is 28.1 Å². The summed E-state index contributed by atoms with van der Waals surface area (Å²) in [6, 6.07) is 0. The van der Waals surface area contributed by atoms with Gasteiger partial charge in [-0.2, -0.15) is 0 Å². The van der Waals surface area contributed by atoms with Crippen LogP contribution in [0.4, 0.5) is 0 Å². The van der Waals surface area contributed by atoms with E-state index in [9.17, 15) is 71.5 Å². The number of hydrogen-bond donors (Lipinski definition) is 14. The molecule has 2 saturated carbocycles. The fourth-order valence-electron chi connectivity index (χ4n) is 13.5. The molecule has 0 unspecified atom stereocenters. The SMILES string of the molecule is OC(O)CCCCCC(CCCCCC(O)O)(CCCCCC(O)O)C(C1CCC(O)CC1)(C1CCC(O)CC1)C(CCCCCC(O)O)(CCCCCC(O)O)CCCCCC(O)O. The van der Waals surface area contributed by atoms with Crippen LogP contribution in [0.3, 0.4) is 0 Å². The molecule has 0 aromatic carbocycles. The molecule has 14 N–H and O–H groups in total. The zero-order valence-corrected chi connectivity index (χ0v) is 40.4. The first-order chi connectivity index (χ1) is 31.0. The van der Waals surface area contributed by atoms with Gasteiger partial charge in [-0.3, -0.25) is 0 Å². The Bertz CT molecular complexity index is 943. The van der Waals surface area contributed by atoms with Crippen molar-refractivity contribution in [1.82, 2.24) is 0 Å². The molecule has 0 bridgehead atoms. The summed E-state index contributed by atoms with van der Waals surface area (Å²) >= 11 is 0. The minimum absolute atomic E-state index is 0.210. The van der Waals surface area contributed by atoms with Crippen LogP contribution in [-0.2, 0) is 0 Å². The van der Waals surface area contributed by atoms with E-state index >= 15 is 0 Å². The van der Waals surface area contributed by atoms with E-state index in [0.29, 0.717) is 64.2 Å². The van der Waals surface area contributed by atoms with E-state index < -0.39 is 49.9 Å². The van der Waals surface area contributed by atoms with Gasteiger partial charge < -0.3 is 71.5 Å². The molecule has 14 heteroatoms. The Balaban J connectivity index is 3.12. The van der Waals surface area contributed by atoms with E-state index in [1.54, 1.807) is 0 Å². The fraction of sp³-hybridized carbons (Fsp3) is 1.00. The van der Waals surface area contributed by atoms with Gasteiger partial charge in [-0.1, -0.05) is 77.0 Å². The Hall–Kier alpha value is -0.560. The van der Waals surface area contributed by atoms with Crippen molar-refractivity contribution in [3.8, 4) is 0 Å². The number of unbranched alkanes of at least 4 members (excludes halogenated alkanes) is 12. The average molecular weight is 937 g/mol. The van der Waals surface area contributed by atoms with Crippen molar-refractivity contribution in [3.05, 3.63) is 0 Å². The predicted octanol–water partition coefficient (Wildman–Crippen LogP) is 6.62. The monoisotopic (exact) mass is 937 g/mol. The van der Waals surface area contributed by atoms with E-state index in [-0.39, 0.29) is 66.6 Å². The highest BCUT2D eigenvalue weighted by atomic mass is 16.5. The largest absolute Gasteiger partial charge is 0.393 e. The van der Waals surface area contributed by atoms with Crippen molar-refractivity contribution >= 4 is 0 Å². The quantitative estimate of drug-likeness (QED) is 0.0227. The van der Waals surface area contributed by atoms with Gasteiger partial charge in [-0.15, -0.1) is 0 Å². The molecule has 388 valence electrons. The Morgan fingerprint density at radius 3 is 0.615 bits per heavy atom. The molecule has 0 saturated heterocycles. The molecule has 0 radical (unpaired) electrons. The number of aliphatic hydroxyl groups is 14. The second-order valence-corrected chi connectivity index (χ2v) is 20.9. The maximum absolute atomic E-state index is 11.2. The second kappa shape index (κ2) is 33.9. The first-order valence-corrected chi connectivity index (χ1v) is 26.5. The van der Waals surface area contributed by atoms with Crippen LogP contribution in [0.25, 0.3) is 0 Å². The molecule has 0 heterocycles. The lowest BCUT2D eigenvalue weighted by Crippen LogP contribution is -2.63. The molecule has 2 rings (SSSR count). The molecule has 0 atom stereocenters. The Morgan fingerprint density at radius 2 is 0.446 bits per heavy atom. The number of hydrogen-bond acceptors (Lipinski definition) is 14. The molecular formula is C51H100O14. The van der Waals surface area contributed by atoms with Crippen molar-refractivity contribution in [2.75, 3.05) is 0 Å². The molecule has 2 aliphatic rings. The lowest BCUT2D eigenvalue weighted by molar-refractivity contribution is -0.219. The molecule has 0 aromatic rings. The summed E-state index contributed by atoms with van der Waals surface area (Å²) in [6.07, 6.45) is 17.9. The first kappa shape index (κ1) is 60.6. The standard InChI is InChI=1S/C51H100O14/c52-41-29-25-39(26-30-41)51(40-27-31-42(53)32-28-40,49(33-13-1-7-19-43(54)55,34-14-2-8-20-44(56)57)35-15-3-9-21-45(58)59)50(36-16-4-10-22-46(60)61,37-17-5-11-23-47(62)63)38-18-6-12-24-48(64)65/h39-48,52-65H,1-38H2. The van der Waals surface area contributed by atoms with Crippen LogP contribution in [0.15, 0.2) is 0 Å². The average Bonchev–Trinajstić information content (AvgIpc) is 3.23. The smallest absolute Gasteiger partial charge is 0.151 e. The minimum atomic E-state index is -1.39. The summed E-state index contributed by atoms with van der Waals surface area (Å²) < 4.78 is 0. The second-order valence-electron chi connectivity index (χ2n) is 20.9. The highest BCUT2D eigenvalue weighted by Gasteiger charge is 2.66. The van der Waals surface area contributed by atoms with Gasteiger partial charge in [-0.05, 0) is 195 Å². The Labute approximate surface area is 392 Å². The minimum Gasteiger partial charge on any atom is -0.393 e. The zero-order valence-electron chi connectivity index (χ0n) is 40.4. The van der Waals surface area contributed by atoms with Gasteiger partial charge in [0.1, 0.15) is 0 Å². The van der Waals surface area contributed by atoms with Gasteiger partial charge in [0.05, 0.1) is 12.2 Å². The normalized spacial score (nSPS) is 20.5. The third kappa shape index (κ3) is 22.4. The number of rotatable bonds is 40. The molecule has 0 spiro atoms. The summed E-state index contributed by atoms with van der Waals surface area (Å²) in [5.74, 6) is 0.420. The van der Waals surface area contributed by atoms with Gasteiger partial charge in [0.2, 0.25) is 0 Å². The molecule has 2 fully saturated rings. The van der Waals surface area contributed by atoms with Crippen molar-refractivity contribution in [2.24, 2.45) is 28.1 Å². The van der Waals surface area contributed by atoms with Crippen molar-refractivity contribution in [2.45, 2.75) is 294 Å². The van der Waals surface area contributed by atoms with Crippen LogP contribution in [-0.4, -0.2) is 121 Å². The van der Waals surface area contributed by atoms with E-state index in [1.165, 1.54) is 0 Å². The summed E-state index contributed by atoms with van der Waals surface area (Å²) in [5.41, 5.74) is -0.943. The highest BCUT2D eigenvalue weighted by Crippen LogP contribution is 2.74. The Morgan fingerprint density at radius 1 is 0.262 bits per heavy atom. The summed E-state index contributed by atoms with van der Waals surface area (Å²) in [4.78, 5) is 0. The Kier molecular flexibility index (Phi) is 31.6. The molecule has 14 nitrogen and oxygen atoms in total. The predicted molar refractivity (Wildman–Crippen MR) is 251 cm³/mol. The van der Waals surface area contributed by atoms with Crippen LogP contribution in [0.5, 0.6) is 0 Å². The highest BCUT2D eigenvalue weighted by molar-refractivity contribution is 5.15. The fourth-order valence-corrected chi connectivity index (χ4v) is 13.5. The molecule has 0 aromatic heterocycles. The summed E-state index contributed by atoms with van der Waals surface area (Å²) in [5, 5.41) is 141. The number of aliphatic hydroxyl groups excluding tert-OH is 8. The van der Waals surface area contributed by atoms with Gasteiger partial charge in [-0.25, -0.2) is 0 Å². The van der Waals surface area contributed by atoms with Crippen LogP contribution in [0.1, 0.15) is 244 Å². The molecule has 2 aliphatic carbocycles. The van der Waals surface area contributed by atoms with Crippen molar-refractivity contribution in [3.63, 3.8) is 0 Å². The van der Waals surface area contributed by atoms with Gasteiger partial charge in [0.25, 0.3) is 0 Å². The van der Waals surface area contributed by atoms with Gasteiger partial charge in [0.15, 0.2) is 37.7 Å². The third-order valence-corrected chi connectivity index (χ3v) is 16.1. The molecule has 0 aliphatic heterocycles. The van der Waals surface area contributed by atoms with Crippen molar-refractivity contribution in [1.29, 1.82) is 0 Å². The van der Waals surface area contributed by atoms with Crippen LogP contribution in [0.2, 0.25) is 0 Å². The topological polar surface area (TPSA) is 283 Å². The molecule has 65 heavy (non-hydrogen) atoms. The maximum Gasteiger partial charge on any atom is 0.151 e. The third-order valence-electron chi connectivity index (χ3n) is 16.1. The lowest BCUT2D eigenvalue weighted by atomic mass is 9.34. The zero-order chi connectivity index (χ0) is 48.1. The van der Waals surface area contributed by atoms with Gasteiger partial charge >= 0.3 is 0 Å². The van der Waals surface area contributed by atoms with E-state index in [0.717, 1.165) is 141 Å². The van der Waals surface area contributed by atoms with Crippen molar-refractivity contribution < 1.29 is 71.5 Å². The first-order valence-electron chi connectivity index (χ1n) is 26.5. The van der Waals surface area contributed by atoms with E-state index in [4.69, 9.17) is 0 Å². The van der Waals surface area contributed by atoms with Crippen LogP contribution >= 0.6 is 0 Å². The van der Waals surface area contributed by atoms with E-state index in [2.05, 4.69) is 0 Å². The molecule has 0 amide bonds. The summed E-state index contributed by atoms with van der Waals surface area (Å²) in [7, 11) is 0. The maximum atomic E-state index is 11.2.